The molecule has 2 aliphatic rings. The molecule has 2 saturated heterocycles. The van der Waals surface area contributed by atoms with Crippen LogP contribution in [0.15, 0.2) is 0 Å². The first-order chi connectivity index (χ1) is 10.1. The first-order valence-electron chi connectivity index (χ1n) is 8.00. The summed E-state index contributed by atoms with van der Waals surface area (Å²) in [4.78, 5) is 5.92. The van der Waals surface area contributed by atoms with E-state index in [1.54, 1.807) is 0 Å². The monoisotopic (exact) mass is 310 g/mol. The van der Waals surface area contributed by atoms with E-state index in [4.69, 9.17) is 9.47 Å². The lowest BCUT2D eigenvalue weighted by atomic mass is 9.84. The fourth-order valence-electron chi connectivity index (χ4n) is 3.64. The van der Waals surface area contributed by atoms with E-state index in [0.29, 0.717) is 12.1 Å². The van der Waals surface area contributed by atoms with Crippen molar-refractivity contribution in [1.29, 1.82) is 0 Å². The molecule has 0 saturated carbocycles. The average Bonchev–Trinajstić information content (AvgIpc) is 2.79. The molecule has 21 heavy (non-hydrogen) atoms. The van der Waals surface area contributed by atoms with Gasteiger partial charge in [-0.15, -0.1) is 11.3 Å². The summed E-state index contributed by atoms with van der Waals surface area (Å²) in [5, 5.41) is 4.97. The molecule has 3 heterocycles. The van der Waals surface area contributed by atoms with E-state index in [-0.39, 0.29) is 5.60 Å². The minimum absolute atomic E-state index is 0.0621. The molecule has 0 aliphatic carbocycles. The zero-order valence-electron chi connectivity index (χ0n) is 13.3. The van der Waals surface area contributed by atoms with Crippen molar-refractivity contribution in [1.82, 2.24) is 10.3 Å². The maximum absolute atomic E-state index is 6.12. The van der Waals surface area contributed by atoms with Crippen molar-refractivity contribution in [2.75, 3.05) is 19.8 Å². The molecule has 0 radical (unpaired) electrons. The van der Waals surface area contributed by atoms with E-state index in [9.17, 15) is 0 Å². The Hall–Kier alpha value is -0.490. The van der Waals surface area contributed by atoms with Gasteiger partial charge in [-0.05, 0) is 46.5 Å². The Morgan fingerprint density at radius 2 is 2.05 bits per heavy atom. The van der Waals surface area contributed by atoms with Crippen molar-refractivity contribution < 1.29 is 9.47 Å². The summed E-state index contributed by atoms with van der Waals surface area (Å²) < 4.78 is 11.6. The van der Waals surface area contributed by atoms with Crippen LogP contribution < -0.4 is 5.32 Å². The van der Waals surface area contributed by atoms with E-state index in [1.165, 1.54) is 10.6 Å². The Bertz CT molecular complexity index is 477. The van der Waals surface area contributed by atoms with Crippen LogP contribution in [0.2, 0.25) is 0 Å². The number of thiazole rings is 1. The van der Waals surface area contributed by atoms with Gasteiger partial charge in [-0.1, -0.05) is 0 Å². The summed E-state index contributed by atoms with van der Waals surface area (Å²) in [7, 11) is 0. The molecule has 0 bridgehead atoms. The second-order valence-corrected chi connectivity index (χ2v) is 7.64. The van der Waals surface area contributed by atoms with Crippen LogP contribution in [0, 0.1) is 13.8 Å². The van der Waals surface area contributed by atoms with Gasteiger partial charge in [-0.25, -0.2) is 4.98 Å². The highest BCUT2D eigenvalue weighted by atomic mass is 32.1. The molecule has 0 aromatic carbocycles. The topological polar surface area (TPSA) is 43.4 Å². The maximum atomic E-state index is 6.12. The lowest BCUT2D eigenvalue weighted by Gasteiger charge is -2.44. The summed E-state index contributed by atoms with van der Waals surface area (Å²) in [6.45, 7) is 9.00. The van der Waals surface area contributed by atoms with E-state index in [1.807, 2.05) is 11.3 Å². The third-order valence-corrected chi connectivity index (χ3v) is 5.97. The van der Waals surface area contributed by atoms with Crippen molar-refractivity contribution >= 4 is 11.3 Å². The Morgan fingerprint density at radius 3 is 2.71 bits per heavy atom. The highest BCUT2D eigenvalue weighted by Gasteiger charge is 2.39. The predicted molar refractivity (Wildman–Crippen MR) is 84.9 cm³/mol. The number of hydrogen-bond donors (Lipinski definition) is 1. The van der Waals surface area contributed by atoms with Crippen molar-refractivity contribution in [2.45, 2.75) is 64.1 Å². The molecule has 4 nitrogen and oxygen atoms in total. The highest BCUT2D eigenvalue weighted by molar-refractivity contribution is 7.11. The molecule has 1 spiro atoms. The quantitative estimate of drug-likeness (QED) is 0.931. The molecule has 1 aromatic rings. The summed E-state index contributed by atoms with van der Waals surface area (Å²) in [6.07, 6.45) is 4.29. The van der Waals surface area contributed by atoms with E-state index >= 15 is 0 Å². The normalized spacial score (nSPS) is 26.9. The van der Waals surface area contributed by atoms with Gasteiger partial charge >= 0.3 is 0 Å². The third kappa shape index (κ3) is 3.47. The molecule has 1 aromatic heterocycles. The second kappa shape index (κ2) is 6.32. The van der Waals surface area contributed by atoms with Gasteiger partial charge in [0.2, 0.25) is 0 Å². The minimum Gasteiger partial charge on any atom is -0.381 e. The van der Waals surface area contributed by atoms with Gasteiger partial charge in [0.05, 0.1) is 16.3 Å². The highest BCUT2D eigenvalue weighted by Crippen LogP contribution is 2.35. The van der Waals surface area contributed by atoms with Crippen molar-refractivity contribution in [2.24, 2.45) is 0 Å². The zero-order valence-corrected chi connectivity index (χ0v) is 14.1. The van der Waals surface area contributed by atoms with Crippen molar-refractivity contribution in [3.63, 3.8) is 0 Å². The van der Waals surface area contributed by atoms with E-state index < -0.39 is 0 Å². The maximum Gasteiger partial charge on any atom is 0.0900 e. The Morgan fingerprint density at radius 1 is 1.29 bits per heavy atom. The summed E-state index contributed by atoms with van der Waals surface area (Å²) >= 11 is 1.81. The number of ether oxygens (including phenoxy) is 2. The number of aryl methyl sites for hydroxylation is 2. The zero-order chi connectivity index (χ0) is 14.9. The van der Waals surface area contributed by atoms with Crippen LogP contribution in [0.5, 0.6) is 0 Å². The van der Waals surface area contributed by atoms with Crippen LogP contribution in [0.4, 0.5) is 0 Å². The number of aromatic nitrogens is 1. The molecule has 3 rings (SSSR count). The molecular formula is C16H26N2O2S. The molecule has 2 fully saturated rings. The third-order valence-electron chi connectivity index (χ3n) is 4.72. The van der Waals surface area contributed by atoms with E-state index in [0.717, 1.165) is 50.5 Å². The smallest absolute Gasteiger partial charge is 0.0900 e. The van der Waals surface area contributed by atoms with Crippen LogP contribution in [-0.2, 0) is 9.47 Å². The minimum atomic E-state index is 0.0621. The van der Waals surface area contributed by atoms with Crippen LogP contribution in [0.1, 0.15) is 54.2 Å². The van der Waals surface area contributed by atoms with Crippen molar-refractivity contribution in [3.8, 4) is 0 Å². The van der Waals surface area contributed by atoms with Crippen LogP contribution in [0.25, 0.3) is 0 Å². The predicted octanol–water partition coefficient (Wildman–Crippen LogP) is 3.14. The SMILES string of the molecule is Cc1nc(C)c(C(C)NC2CCOC3(CCOCC3)C2)s1. The fourth-order valence-corrected chi connectivity index (χ4v) is 4.58. The Kier molecular flexibility index (Phi) is 4.64. The second-order valence-electron chi connectivity index (χ2n) is 6.40. The molecule has 2 atom stereocenters. The molecular weight excluding hydrogens is 284 g/mol. The largest absolute Gasteiger partial charge is 0.381 e. The van der Waals surface area contributed by atoms with Gasteiger partial charge in [0.25, 0.3) is 0 Å². The number of rotatable bonds is 3. The summed E-state index contributed by atoms with van der Waals surface area (Å²) in [5.41, 5.74) is 1.23. The van der Waals surface area contributed by atoms with Crippen LogP contribution in [0.3, 0.4) is 0 Å². The van der Waals surface area contributed by atoms with Crippen LogP contribution >= 0.6 is 11.3 Å². The summed E-state index contributed by atoms with van der Waals surface area (Å²) in [5.74, 6) is 0. The number of hydrogen-bond acceptors (Lipinski definition) is 5. The molecule has 118 valence electrons. The standard InChI is InChI=1S/C16H26N2O2S/c1-11-15(21-13(3)17-11)12(2)18-14-4-7-20-16(10-14)5-8-19-9-6-16/h12,14,18H,4-10H2,1-3H3. The first kappa shape index (κ1) is 15.4. The van der Waals surface area contributed by atoms with Gasteiger partial charge < -0.3 is 14.8 Å². The van der Waals surface area contributed by atoms with Gasteiger partial charge in [-0.2, -0.15) is 0 Å². The lowest BCUT2D eigenvalue weighted by Crippen LogP contribution is -2.50. The van der Waals surface area contributed by atoms with Gasteiger partial charge in [0.1, 0.15) is 0 Å². The van der Waals surface area contributed by atoms with Gasteiger partial charge in [0, 0.05) is 36.8 Å². The number of nitrogens with one attached hydrogen (secondary N) is 1. The molecule has 2 unspecified atom stereocenters. The lowest BCUT2D eigenvalue weighted by molar-refractivity contribution is -0.140. The molecule has 0 amide bonds. The summed E-state index contributed by atoms with van der Waals surface area (Å²) in [6, 6.07) is 0.907. The van der Waals surface area contributed by atoms with E-state index in [2.05, 4.69) is 31.1 Å². The molecule has 2 aliphatic heterocycles. The molecule has 1 N–H and O–H groups in total. The van der Waals surface area contributed by atoms with Gasteiger partial charge in [0.15, 0.2) is 0 Å². The van der Waals surface area contributed by atoms with Crippen LogP contribution in [-0.4, -0.2) is 36.4 Å². The Balaban J connectivity index is 1.63. The molecule has 5 heteroatoms. The van der Waals surface area contributed by atoms with Crippen molar-refractivity contribution in [3.05, 3.63) is 15.6 Å². The first-order valence-corrected chi connectivity index (χ1v) is 8.81. The fraction of sp³-hybridized carbons (Fsp3) is 0.812. The number of nitrogens with zero attached hydrogens (tertiary/aromatic N) is 1. The Labute approximate surface area is 131 Å². The average molecular weight is 310 g/mol. The van der Waals surface area contributed by atoms with Gasteiger partial charge in [-0.3, -0.25) is 0 Å².